The maximum Gasteiger partial charge on any atom is 0.322 e. The van der Waals surface area contributed by atoms with Gasteiger partial charge in [0.05, 0.1) is 14.2 Å². The van der Waals surface area contributed by atoms with Gasteiger partial charge in [-0.05, 0) is 54.0 Å². The van der Waals surface area contributed by atoms with Crippen molar-refractivity contribution in [3.8, 4) is 11.5 Å². The molecule has 0 unspecified atom stereocenters. The van der Waals surface area contributed by atoms with E-state index in [2.05, 4.69) is 23.5 Å². The maximum absolute atomic E-state index is 12.4. The number of nitrogens with zero attached hydrogens (tertiary/aromatic N) is 1. The number of amides is 2. The molecular formula is C20H22N2O3. The van der Waals surface area contributed by atoms with Crippen LogP contribution in [0.25, 0.3) is 5.57 Å². The van der Waals surface area contributed by atoms with Crippen molar-refractivity contribution >= 4 is 17.3 Å². The topological polar surface area (TPSA) is 50.8 Å². The summed E-state index contributed by atoms with van der Waals surface area (Å²) in [6, 6.07) is 15.3. The molecule has 0 aromatic heterocycles. The molecule has 0 fully saturated rings. The molecule has 1 aliphatic heterocycles. The lowest BCUT2D eigenvalue weighted by Gasteiger charge is -2.27. The van der Waals surface area contributed by atoms with Crippen molar-refractivity contribution < 1.29 is 14.3 Å². The summed E-state index contributed by atoms with van der Waals surface area (Å²) in [5, 5.41) is 2.92. The van der Waals surface area contributed by atoms with E-state index < -0.39 is 0 Å². The number of benzene rings is 2. The van der Waals surface area contributed by atoms with Crippen LogP contribution in [0.3, 0.4) is 0 Å². The molecule has 0 bridgehead atoms. The second kappa shape index (κ2) is 7.75. The Hall–Kier alpha value is -2.95. The van der Waals surface area contributed by atoms with Crippen molar-refractivity contribution in [3.05, 3.63) is 60.2 Å². The van der Waals surface area contributed by atoms with E-state index in [9.17, 15) is 4.79 Å². The van der Waals surface area contributed by atoms with Gasteiger partial charge in [-0.2, -0.15) is 0 Å². The minimum atomic E-state index is -0.0878. The first kappa shape index (κ1) is 16.9. The molecule has 25 heavy (non-hydrogen) atoms. The summed E-state index contributed by atoms with van der Waals surface area (Å²) in [6.07, 6.45) is 2.95. The van der Waals surface area contributed by atoms with Gasteiger partial charge in [-0.25, -0.2) is 4.79 Å². The SMILES string of the molecule is COc1ccc(NC(=O)N2CC=C(c3ccc(OC)cc3)CC2)cc1. The molecular weight excluding hydrogens is 316 g/mol. The molecule has 0 saturated carbocycles. The van der Waals surface area contributed by atoms with Crippen molar-refractivity contribution in [2.75, 3.05) is 32.6 Å². The number of carbonyl (C=O) groups is 1. The fourth-order valence-electron chi connectivity index (χ4n) is 2.80. The fourth-order valence-corrected chi connectivity index (χ4v) is 2.80. The quantitative estimate of drug-likeness (QED) is 0.916. The van der Waals surface area contributed by atoms with Gasteiger partial charge in [-0.1, -0.05) is 18.2 Å². The third kappa shape index (κ3) is 4.12. The van der Waals surface area contributed by atoms with Crippen molar-refractivity contribution in [1.82, 2.24) is 4.90 Å². The van der Waals surface area contributed by atoms with Crippen LogP contribution in [0, 0.1) is 0 Å². The maximum atomic E-state index is 12.4. The van der Waals surface area contributed by atoms with Crippen LogP contribution in [0.2, 0.25) is 0 Å². The minimum Gasteiger partial charge on any atom is -0.497 e. The van der Waals surface area contributed by atoms with E-state index >= 15 is 0 Å². The Bertz CT molecular complexity index is 752. The van der Waals surface area contributed by atoms with E-state index in [0.717, 1.165) is 23.6 Å². The molecule has 1 heterocycles. The van der Waals surface area contributed by atoms with Crippen LogP contribution < -0.4 is 14.8 Å². The van der Waals surface area contributed by atoms with Gasteiger partial charge in [0.2, 0.25) is 0 Å². The highest BCUT2D eigenvalue weighted by atomic mass is 16.5. The summed E-state index contributed by atoms with van der Waals surface area (Å²) >= 11 is 0. The zero-order valence-corrected chi connectivity index (χ0v) is 14.5. The average molecular weight is 338 g/mol. The van der Waals surface area contributed by atoms with Crippen LogP contribution in [0.5, 0.6) is 11.5 Å². The Morgan fingerprint density at radius 2 is 1.56 bits per heavy atom. The van der Waals surface area contributed by atoms with Gasteiger partial charge in [0, 0.05) is 18.8 Å². The average Bonchev–Trinajstić information content (AvgIpc) is 2.69. The molecule has 0 saturated heterocycles. The largest absolute Gasteiger partial charge is 0.497 e. The van der Waals surface area contributed by atoms with Gasteiger partial charge < -0.3 is 19.7 Å². The highest BCUT2D eigenvalue weighted by molar-refractivity contribution is 5.90. The fraction of sp³-hybridized carbons (Fsp3) is 0.250. The molecule has 0 aliphatic carbocycles. The van der Waals surface area contributed by atoms with Crippen LogP contribution >= 0.6 is 0 Å². The minimum absolute atomic E-state index is 0.0878. The zero-order chi connectivity index (χ0) is 17.6. The van der Waals surface area contributed by atoms with Crippen LogP contribution in [0.1, 0.15) is 12.0 Å². The van der Waals surface area contributed by atoms with Gasteiger partial charge in [0.15, 0.2) is 0 Å². The summed E-state index contributed by atoms with van der Waals surface area (Å²) in [6.45, 7) is 1.29. The Labute approximate surface area is 147 Å². The first-order valence-corrected chi connectivity index (χ1v) is 8.23. The van der Waals surface area contributed by atoms with E-state index in [4.69, 9.17) is 9.47 Å². The second-order valence-electron chi connectivity index (χ2n) is 5.81. The molecule has 130 valence electrons. The van der Waals surface area contributed by atoms with Crippen molar-refractivity contribution in [2.45, 2.75) is 6.42 Å². The molecule has 0 atom stereocenters. The monoisotopic (exact) mass is 338 g/mol. The Balaban J connectivity index is 1.59. The summed E-state index contributed by atoms with van der Waals surface area (Å²) in [4.78, 5) is 14.2. The summed E-state index contributed by atoms with van der Waals surface area (Å²) in [5.74, 6) is 1.61. The van der Waals surface area contributed by atoms with Crippen molar-refractivity contribution in [3.63, 3.8) is 0 Å². The Morgan fingerprint density at radius 3 is 2.08 bits per heavy atom. The molecule has 2 aromatic carbocycles. The number of urea groups is 1. The standard InChI is InChI=1S/C20H22N2O3/c1-24-18-7-3-15(4-8-18)16-11-13-22(14-12-16)20(23)21-17-5-9-19(25-2)10-6-17/h3-11H,12-14H2,1-2H3,(H,21,23). The third-order valence-electron chi connectivity index (χ3n) is 4.30. The van der Waals surface area contributed by atoms with Gasteiger partial charge in [0.1, 0.15) is 11.5 Å². The highest BCUT2D eigenvalue weighted by Crippen LogP contribution is 2.25. The number of rotatable bonds is 4. The molecule has 1 aliphatic rings. The lowest BCUT2D eigenvalue weighted by atomic mass is 9.99. The molecule has 2 aromatic rings. The molecule has 0 spiro atoms. The third-order valence-corrected chi connectivity index (χ3v) is 4.30. The molecule has 1 N–H and O–H groups in total. The molecule has 5 nitrogen and oxygen atoms in total. The molecule has 3 rings (SSSR count). The van der Waals surface area contributed by atoms with Crippen molar-refractivity contribution in [1.29, 1.82) is 0 Å². The molecule has 2 amide bonds. The van der Waals surface area contributed by atoms with E-state index in [-0.39, 0.29) is 6.03 Å². The van der Waals surface area contributed by atoms with Gasteiger partial charge in [-0.3, -0.25) is 0 Å². The first-order valence-electron chi connectivity index (χ1n) is 8.23. The molecule has 5 heteroatoms. The first-order chi connectivity index (χ1) is 12.2. The number of nitrogens with one attached hydrogen (secondary N) is 1. The summed E-state index contributed by atoms with van der Waals surface area (Å²) < 4.78 is 10.3. The lowest BCUT2D eigenvalue weighted by molar-refractivity contribution is 0.217. The number of ether oxygens (including phenoxy) is 2. The highest BCUT2D eigenvalue weighted by Gasteiger charge is 2.18. The Morgan fingerprint density at radius 1 is 0.960 bits per heavy atom. The number of hydrogen-bond acceptors (Lipinski definition) is 3. The summed E-state index contributed by atoms with van der Waals surface area (Å²) in [7, 11) is 3.28. The van der Waals surface area contributed by atoms with E-state index in [1.807, 2.05) is 36.4 Å². The van der Waals surface area contributed by atoms with E-state index in [0.29, 0.717) is 13.1 Å². The number of hydrogen-bond donors (Lipinski definition) is 1. The van der Waals surface area contributed by atoms with Crippen molar-refractivity contribution in [2.24, 2.45) is 0 Å². The van der Waals surface area contributed by atoms with Gasteiger partial charge in [-0.15, -0.1) is 0 Å². The van der Waals surface area contributed by atoms with Gasteiger partial charge >= 0.3 is 6.03 Å². The smallest absolute Gasteiger partial charge is 0.322 e. The second-order valence-corrected chi connectivity index (χ2v) is 5.81. The van der Waals surface area contributed by atoms with E-state index in [1.54, 1.807) is 19.1 Å². The van der Waals surface area contributed by atoms with Crippen LogP contribution in [-0.4, -0.2) is 38.2 Å². The number of carbonyl (C=O) groups excluding carboxylic acids is 1. The Kier molecular flexibility index (Phi) is 5.23. The predicted octanol–water partition coefficient (Wildman–Crippen LogP) is 4.03. The number of methoxy groups -OCH3 is 2. The summed E-state index contributed by atoms with van der Waals surface area (Å²) in [5.41, 5.74) is 3.20. The molecule has 0 radical (unpaired) electrons. The van der Waals surface area contributed by atoms with Crippen LogP contribution in [-0.2, 0) is 0 Å². The number of anilines is 1. The van der Waals surface area contributed by atoms with Crippen LogP contribution in [0.15, 0.2) is 54.6 Å². The lowest BCUT2D eigenvalue weighted by Crippen LogP contribution is -2.37. The van der Waals surface area contributed by atoms with E-state index in [1.165, 1.54) is 11.1 Å². The van der Waals surface area contributed by atoms with Gasteiger partial charge in [0.25, 0.3) is 0 Å². The normalized spacial score (nSPS) is 13.8. The zero-order valence-electron chi connectivity index (χ0n) is 14.5. The predicted molar refractivity (Wildman–Crippen MR) is 99.2 cm³/mol. The van der Waals surface area contributed by atoms with Crippen LogP contribution in [0.4, 0.5) is 10.5 Å².